The van der Waals surface area contributed by atoms with Gasteiger partial charge in [0.2, 0.25) is 0 Å². The van der Waals surface area contributed by atoms with E-state index in [1.54, 1.807) is 6.20 Å². The summed E-state index contributed by atoms with van der Waals surface area (Å²) in [7, 11) is 1.93. The molecule has 0 aliphatic heterocycles. The third kappa shape index (κ3) is 2.66. The van der Waals surface area contributed by atoms with Crippen molar-refractivity contribution < 1.29 is 9.32 Å². The Morgan fingerprint density at radius 3 is 2.79 bits per heavy atom. The number of ketones is 1. The highest BCUT2D eigenvalue weighted by molar-refractivity contribution is 6.10. The third-order valence-electron chi connectivity index (χ3n) is 4.52. The fourth-order valence-electron chi connectivity index (χ4n) is 3.12. The summed E-state index contributed by atoms with van der Waals surface area (Å²) in [5, 5.41) is 8.24. The SMILES string of the molecule is Cc1cc(Cc2ccccc2C(=O)c2cnoc2C2CC2)n(C)n1. The second-order valence-electron chi connectivity index (χ2n) is 6.44. The maximum absolute atomic E-state index is 13.0. The van der Waals surface area contributed by atoms with Crippen molar-refractivity contribution in [1.29, 1.82) is 0 Å². The van der Waals surface area contributed by atoms with Crippen LogP contribution in [0, 0.1) is 6.92 Å². The Bertz CT molecular complexity index is 903. The van der Waals surface area contributed by atoms with Gasteiger partial charge in [0.05, 0.1) is 17.5 Å². The number of rotatable bonds is 5. The predicted octanol–water partition coefficient (Wildman–Crippen LogP) is 3.42. The number of hydrogen-bond acceptors (Lipinski definition) is 4. The molecule has 0 atom stereocenters. The van der Waals surface area contributed by atoms with E-state index < -0.39 is 0 Å². The molecule has 0 spiro atoms. The van der Waals surface area contributed by atoms with E-state index >= 15 is 0 Å². The molecule has 0 radical (unpaired) electrons. The number of hydrogen-bond donors (Lipinski definition) is 0. The average molecular weight is 321 g/mol. The fraction of sp³-hybridized carbons (Fsp3) is 0.316. The number of nitrogens with zero attached hydrogens (tertiary/aromatic N) is 3. The highest BCUT2D eigenvalue weighted by Gasteiger charge is 2.33. The highest BCUT2D eigenvalue weighted by Crippen LogP contribution is 2.42. The van der Waals surface area contributed by atoms with Crippen molar-refractivity contribution in [3.63, 3.8) is 0 Å². The Morgan fingerprint density at radius 1 is 1.29 bits per heavy atom. The van der Waals surface area contributed by atoms with Gasteiger partial charge in [-0.05, 0) is 31.4 Å². The minimum atomic E-state index is -0.00681. The van der Waals surface area contributed by atoms with Gasteiger partial charge in [0.15, 0.2) is 11.5 Å². The zero-order valence-electron chi connectivity index (χ0n) is 13.8. The molecule has 0 saturated heterocycles. The molecule has 1 fully saturated rings. The van der Waals surface area contributed by atoms with Crippen molar-refractivity contribution in [3.05, 3.63) is 70.4 Å². The van der Waals surface area contributed by atoms with Gasteiger partial charge in [-0.1, -0.05) is 29.4 Å². The van der Waals surface area contributed by atoms with Crippen molar-refractivity contribution in [2.75, 3.05) is 0 Å². The third-order valence-corrected chi connectivity index (χ3v) is 4.52. The molecular formula is C19H19N3O2. The van der Waals surface area contributed by atoms with E-state index in [1.807, 2.05) is 42.9 Å². The second-order valence-corrected chi connectivity index (χ2v) is 6.44. The van der Waals surface area contributed by atoms with Crippen LogP contribution in [0.2, 0.25) is 0 Å². The Morgan fingerprint density at radius 2 is 2.08 bits per heavy atom. The molecule has 122 valence electrons. The standard InChI is InChI=1S/C19H19N3O2/c1-12-9-15(22(2)21-12)10-14-5-3-4-6-16(14)18(23)17-11-20-24-19(17)13-7-8-13/h3-6,9,11,13H,7-8,10H2,1-2H3. The largest absolute Gasteiger partial charge is 0.360 e. The van der Waals surface area contributed by atoms with Crippen LogP contribution in [0.15, 0.2) is 41.1 Å². The summed E-state index contributed by atoms with van der Waals surface area (Å²) in [5.41, 5.74) is 4.37. The molecule has 0 bridgehead atoms. The number of aromatic nitrogens is 3. The van der Waals surface area contributed by atoms with Crippen LogP contribution in [-0.4, -0.2) is 20.7 Å². The van der Waals surface area contributed by atoms with Crippen molar-refractivity contribution in [2.24, 2.45) is 7.05 Å². The minimum Gasteiger partial charge on any atom is -0.360 e. The van der Waals surface area contributed by atoms with Gasteiger partial charge in [0, 0.05) is 30.6 Å². The number of aryl methyl sites for hydroxylation is 2. The van der Waals surface area contributed by atoms with Gasteiger partial charge in [-0.25, -0.2) is 0 Å². The van der Waals surface area contributed by atoms with Crippen LogP contribution in [0.3, 0.4) is 0 Å². The van der Waals surface area contributed by atoms with Crippen LogP contribution < -0.4 is 0 Å². The van der Waals surface area contributed by atoms with E-state index in [-0.39, 0.29) is 5.78 Å². The second kappa shape index (κ2) is 5.74. The van der Waals surface area contributed by atoms with Crippen molar-refractivity contribution >= 4 is 5.78 Å². The number of benzene rings is 1. The highest BCUT2D eigenvalue weighted by atomic mass is 16.5. The topological polar surface area (TPSA) is 60.9 Å². The molecular weight excluding hydrogens is 302 g/mol. The number of carbonyl (C=O) groups excluding carboxylic acids is 1. The summed E-state index contributed by atoms with van der Waals surface area (Å²) in [5.74, 6) is 1.09. The molecule has 1 aliphatic rings. The lowest BCUT2D eigenvalue weighted by Gasteiger charge is -2.08. The molecule has 0 amide bonds. The first kappa shape index (κ1) is 14.9. The van der Waals surface area contributed by atoms with Gasteiger partial charge < -0.3 is 4.52 Å². The summed E-state index contributed by atoms with van der Waals surface area (Å²) < 4.78 is 7.19. The van der Waals surface area contributed by atoms with Gasteiger partial charge in [-0.15, -0.1) is 0 Å². The van der Waals surface area contributed by atoms with Crippen LogP contribution in [0.4, 0.5) is 0 Å². The number of carbonyl (C=O) groups is 1. The Balaban J connectivity index is 1.69. The van der Waals surface area contributed by atoms with Crippen LogP contribution in [0.25, 0.3) is 0 Å². The van der Waals surface area contributed by atoms with Crippen LogP contribution in [0.5, 0.6) is 0 Å². The van der Waals surface area contributed by atoms with Gasteiger partial charge in [-0.3, -0.25) is 9.48 Å². The van der Waals surface area contributed by atoms with Gasteiger partial charge in [0.25, 0.3) is 0 Å². The molecule has 0 N–H and O–H groups in total. The lowest BCUT2D eigenvalue weighted by atomic mass is 9.95. The van der Waals surface area contributed by atoms with Crippen LogP contribution >= 0.6 is 0 Å². The van der Waals surface area contributed by atoms with Gasteiger partial charge >= 0.3 is 0 Å². The lowest BCUT2D eigenvalue weighted by Crippen LogP contribution is -2.08. The maximum Gasteiger partial charge on any atom is 0.198 e. The van der Waals surface area contributed by atoms with E-state index in [4.69, 9.17) is 4.52 Å². The first-order chi connectivity index (χ1) is 11.6. The molecule has 5 heteroatoms. The maximum atomic E-state index is 13.0. The zero-order valence-corrected chi connectivity index (χ0v) is 13.8. The average Bonchev–Trinajstić information content (AvgIpc) is 3.21. The Kier molecular flexibility index (Phi) is 3.56. The van der Waals surface area contributed by atoms with Crippen molar-refractivity contribution in [1.82, 2.24) is 14.9 Å². The normalized spacial score (nSPS) is 14.1. The van der Waals surface area contributed by atoms with Gasteiger partial charge in [0.1, 0.15) is 0 Å². The molecule has 1 saturated carbocycles. The summed E-state index contributed by atoms with van der Waals surface area (Å²) >= 11 is 0. The van der Waals surface area contributed by atoms with Crippen molar-refractivity contribution in [3.8, 4) is 0 Å². The van der Waals surface area contributed by atoms with E-state index in [9.17, 15) is 4.79 Å². The molecule has 1 aliphatic carbocycles. The molecule has 24 heavy (non-hydrogen) atoms. The first-order valence-electron chi connectivity index (χ1n) is 8.20. The summed E-state index contributed by atoms with van der Waals surface area (Å²) in [6, 6.07) is 9.79. The fourth-order valence-corrected chi connectivity index (χ4v) is 3.12. The quantitative estimate of drug-likeness (QED) is 0.676. The first-order valence-corrected chi connectivity index (χ1v) is 8.20. The summed E-state index contributed by atoms with van der Waals surface area (Å²) in [6.07, 6.45) is 4.38. The predicted molar refractivity (Wildman–Crippen MR) is 89.1 cm³/mol. The minimum absolute atomic E-state index is 0.00681. The molecule has 2 aromatic heterocycles. The van der Waals surface area contributed by atoms with Crippen molar-refractivity contribution in [2.45, 2.75) is 32.1 Å². The van der Waals surface area contributed by atoms with E-state index in [0.29, 0.717) is 23.5 Å². The zero-order chi connectivity index (χ0) is 16.7. The molecule has 3 aromatic rings. The molecule has 4 rings (SSSR count). The molecule has 0 unspecified atom stereocenters. The van der Waals surface area contributed by atoms with Crippen LogP contribution in [-0.2, 0) is 13.5 Å². The monoisotopic (exact) mass is 321 g/mol. The molecule has 1 aromatic carbocycles. The van der Waals surface area contributed by atoms with Gasteiger partial charge in [-0.2, -0.15) is 5.10 Å². The Labute approximate surface area is 140 Å². The lowest BCUT2D eigenvalue weighted by molar-refractivity contribution is 0.103. The Hall–Kier alpha value is -2.69. The van der Waals surface area contributed by atoms with E-state index in [1.165, 1.54) is 0 Å². The smallest absolute Gasteiger partial charge is 0.198 e. The molecule has 2 heterocycles. The molecule has 5 nitrogen and oxygen atoms in total. The van der Waals surface area contributed by atoms with Crippen LogP contribution in [0.1, 0.15) is 57.4 Å². The summed E-state index contributed by atoms with van der Waals surface area (Å²) in [4.78, 5) is 13.0. The van der Waals surface area contributed by atoms with E-state index in [0.717, 1.165) is 35.6 Å². The van der Waals surface area contributed by atoms with E-state index in [2.05, 4.69) is 16.3 Å². The summed E-state index contributed by atoms with van der Waals surface area (Å²) in [6.45, 7) is 1.97.